The van der Waals surface area contributed by atoms with E-state index in [4.69, 9.17) is 18.9 Å². The monoisotopic (exact) mass is 448 g/mol. The Balaban J connectivity index is 1.47. The molecule has 0 saturated carbocycles. The Morgan fingerprint density at radius 2 is 0.970 bits per heavy atom. The van der Waals surface area contributed by atoms with Crippen molar-refractivity contribution in [1.82, 2.24) is 0 Å². The highest BCUT2D eigenvalue weighted by Crippen LogP contribution is 2.26. The molecule has 0 fully saturated rings. The van der Waals surface area contributed by atoms with Gasteiger partial charge < -0.3 is 29.6 Å². The molecule has 3 aliphatic rings. The second-order valence-electron chi connectivity index (χ2n) is 7.22. The van der Waals surface area contributed by atoms with Gasteiger partial charge in [-0.2, -0.15) is 0 Å². The van der Waals surface area contributed by atoms with Crippen LogP contribution in [0.25, 0.3) is 0 Å². The second kappa shape index (κ2) is 10.9. The second-order valence-corrected chi connectivity index (χ2v) is 7.22. The molecule has 33 heavy (non-hydrogen) atoms. The van der Waals surface area contributed by atoms with Gasteiger partial charge in [-0.1, -0.05) is 12.1 Å². The number of hydrogen-bond donors (Lipinski definition) is 2. The lowest BCUT2D eigenvalue weighted by atomic mass is 10.3. The maximum absolute atomic E-state index is 12.3. The van der Waals surface area contributed by atoms with Crippen molar-refractivity contribution in [2.45, 2.75) is 6.42 Å². The van der Waals surface area contributed by atoms with Gasteiger partial charge in [0.05, 0.1) is 13.2 Å². The summed E-state index contributed by atoms with van der Waals surface area (Å²) < 4.78 is 22.6. The number of carbonyl (C=O) groups is 2. The number of ether oxygens (including phenoxy) is 4. The molecule has 0 spiro atoms. The zero-order valence-corrected chi connectivity index (χ0v) is 17.9. The molecule has 170 valence electrons. The zero-order chi connectivity index (χ0) is 22.9. The average molecular weight is 448 g/mol. The van der Waals surface area contributed by atoms with E-state index < -0.39 is 0 Å². The van der Waals surface area contributed by atoms with Gasteiger partial charge in [0, 0.05) is 17.8 Å². The topological polar surface area (TPSA) is 95.1 Å². The molecule has 0 saturated heterocycles. The molecule has 0 atom stereocenters. The first-order chi connectivity index (χ1) is 16.2. The van der Waals surface area contributed by atoms with Gasteiger partial charge in [0.2, 0.25) is 0 Å². The van der Waals surface area contributed by atoms with Crippen molar-refractivity contribution in [2.75, 3.05) is 37.1 Å². The number of hydrogen-bond acceptors (Lipinski definition) is 6. The minimum atomic E-state index is -0.324. The van der Waals surface area contributed by atoms with Crippen LogP contribution < -0.4 is 29.6 Å². The van der Waals surface area contributed by atoms with Crippen LogP contribution >= 0.6 is 0 Å². The lowest BCUT2D eigenvalue weighted by molar-refractivity contribution is -0.119. The molecule has 8 heteroatoms. The maximum Gasteiger partial charge on any atom is 0.262 e. The van der Waals surface area contributed by atoms with E-state index in [9.17, 15) is 9.59 Å². The van der Waals surface area contributed by atoms with E-state index in [2.05, 4.69) is 10.6 Å². The first-order valence-corrected chi connectivity index (χ1v) is 10.6. The average Bonchev–Trinajstić information content (AvgIpc) is 2.83. The molecule has 0 aromatic heterocycles. The first kappa shape index (κ1) is 22.0. The third-order valence-electron chi connectivity index (χ3n) is 4.67. The van der Waals surface area contributed by atoms with E-state index in [0.29, 0.717) is 54.0 Å². The van der Waals surface area contributed by atoms with Crippen molar-refractivity contribution in [3.05, 3.63) is 72.8 Å². The highest BCUT2D eigenvalue weighted by molar-refractivity contribution is 5.92. The van der Waals surface area contributed by atoms with Gasteiger partial charge in [-0.15, -0.1) is 0 Å². The van der Waals surface area contributed by atoms with Crippen LogP contribution in [-0.2, 0) is 9.59 Å². The Labute approximate surface area is 191 Å². The summed E-state index contributed by atoms with van der Waals surface area (Å²) in [5, 5.41) is 5.54. The van der Waals surface area contributed by atoms with Crippen molar-refractivity contribution in [3.63, 3.8) is 0 Å². The Bertz CT molecular complexity index is 996. The van der Waals surface area contributed by atoms with Crippen molar-refractivity contribution >= 4 is 23.2 Å². The Hall–Kier alpha value is -4.20. The SMILES string of the molecule is O=C1COc2ccccc2OCC(=O)Nc2ccc(cc2)OCCCOc2ccc(cc2)N1. The summed E-state index contributed by atoms with van der Waals surface area (Å²) >= 11 is 0. The van der Waals surface area contributed by atoms with Crippen LogP contribution in [0.4, 0.5) is 11.4 Å². The fraction of sp³-hybridized carbons (Fsp3) is 0.200. The van der Waals surface area contributed by atoms with Gasteiger partial charge in [-0.05, 0) is 60.7 Å². The Morgan fingerprint density at radius 3 is 1.39 bits per heavy atom. The summed E-state index contributed by atoms with van der Waals surface area (Å²) in [5.74, 6) is 1.49. The third-order valence-corrected chi connectivity index (χ3v) is 4.67. The van der Waals surface area contributed by atoms with Gasteiger partial charge in [-0.3, -0.25) is 9.59 Å². The Morgan fingerprint density at radius 1 is 0.545 bits per heavy atom. The molecule has 3 aliphatic heterocycles. The summed E-state index contributed by atoms with van der Waals surface area (Å²) in [4.78, 5) is 24.6. The van der Waals surface area contributed by atoms with Gasteiger partial charge in [0.25, 0.3) is 11.8 Å². The number of rotatable bonds is 0. The fourth-order valence-electron chi connectivity index (χ4n) is 3.08. The standard InChI is InChI=1S/C25H24N2O6/c28-24-16-32-22-4-1-2-5-23(22)33-17-25(29)27-19-8-12-21(13-9-19)31-15-3-14-30-20-10-6-18(26-24)7-11-20/h1-2,4-13H,3,14-17H2,(H,26,28)(H,27,29). The van der Waals surface area contributed by atoms with Crippen molar-refractivity contribution < 1.29 is 28.5 Å². The van der Waals surface area contributed by atoms with Crippen LogP contribution in [0.3, 0.4) is 0 Å². The zero-order valence-electron chi connectivity index (χ0n) is 17.9. The lowest BCUT2D eigenvalue weighted by Gasteiger charge is -2.13. The smallest absolute Gasteiger partial charge is 0.262 e. The van der Waals surface area contributed by atoms with Gasteiger partial charge in [-0.25, -0.2) is 0 Å². The van der Waals surface area contributed by atoms with E-state index in [1.807, 2.05) is 0 Å². The number of nitrogens with one attached hydrogen (secondary N) is 2. The van der Waals surface area contributed by atoms with Crippen molar-refractivity contribution in [2.24, 2.45) is 0 Å². The van der Waals surface area contributed by atoms with Crippen LogP contribution in [0.1, 0.15) is 6.42 Å². The molecule has 3 heterocycles. The first-order valence-electron chi connectivity index (χ1n) is 10.6. The van der Waals surface area contributed by atoms with E-state index in [1.54, 1.807) is 72.8 Å². The van der Waals surface area contributed by atoms with Gasteiger partial charge in [0.1, 0.15) is 11.5 Å². The molecule has 6 rings (SSSR count). The Kier molecular flexibility index (Phi) is 7.27. The lowest BCUT2D eigenvalue weighted by Crippen LogP contribution is -2.22. The summed E-state index contributed by atoms with van der Waals surface area (Å²) in [6, 6.07) is 21.1. The third kappa shape index (κ3) is 6.64. The minimum absolute atomic E-state index is 0.211. The number of anilines is 2. The highest BCUT2D eigenvalue weighted by atomic mass is 16.5. The summed E-state index contributed by atoms with van der Waals surface area (Å²) in [6.45, 7) is 0.564. The predicted molar refractivity (Wildman–Crippen MR) is 123 cm³/mol. The molecular weight excluding hydrogens is 424 g/mol. The van der Waals surface area contributed by atoms with Gasteiger partial charge in [0.15, 0.2) is 24.7 Å². The van der Waals surface area contributed by atoms with E-state index in [-0.39, 0.29) is 25.0 Å². The quantitative estimate of drug-likeness (QED) is 0.542. The van der Waals surface area contributed by atoms with E-state index >= 15 is 0 Å². The number of para-hydroxylation sites is 2. The van der Waals surface area contributed by atoms with E-state index in [0.717, 1.165) is 0 Å². The van der Waals surface area contributed by atoms with Crippen LogP contribution in [-0.4, -0.2) is 38.2 Å². The maximum atomic E-state index is 12.3. The summed E-state index contributed by atoms with van der Waals surface area (Å²) in [6.07, 6.45) is 0.701. The van der Waals surface area contributed by atoms with Crippen LogP contribution in [0.15, 0.2) is 72.8 Å². The molecule has 8 nitrogen and oxygen atoms in total. The summed E-state index contributed by atoms with van der Waals surface area (Å²) in [7, 11) is 0. The van der Waals surface area contributed by atoms with Crippen LogP contribution in [0.5, 0.6) is 23.0 Å². The molecule has 3 aromatic carbocycles. The molecule has 3 aromatic rings. The largest absolute Gasteiger partial charge is 0.493 e. The molecule has 0 radical (unpaired) electrons. The van der Waals surface area contributed by atoms with Crippen molar-refractivity contribution in [3.8, 4) is 23.0 Å². The number of carbonyl (C=O) groups excluding carboxylic acids is 2. The number of benzene rings is 3. The van der Waals surface area contributed by atoms with Crippen LogP contribution in [0.2, 0.25) is 0 Å². The number of amides is 2. The normalized spacial score (nSPS) is 15.0. The summed E-state index contributed by atoms with van der Waals surface area (Å²) in [5.41, 5.74) is 1.25. The molecule has 4 bridgehead atoms. The fourth-order valence-corrected chi connectivity index (χ4v) is 3.08. The molecule has 2 N–H and O–H groups in total. The minimum Gasteiger partial charge on any atom is -0.493 e. The van der Waals surface area contributed by atoms with E-state index in [1.165, 1.54) is 0 Å². The molecule has 0 unspecified atom stereocenters. The predicted octanol–water partition coefficient (Wildman–Crippen LogP) is 3.88. The van der Waals surface area contributed by atoms with Crippen LogP contribution in [0, 0.1) is 0 Å². The van der Waals surface area contributed by atoms with Crippen molar-refractivity contribution in [1.29, 1.82) is 0 Å². The number of fused-ring (bicyclic) bond motifs is 2. The molecular formula is C25H24N2O6. The molecule has 2 amide bonds. The molecule has 0 aliphatic carbocycles. The highest BCUT2D eigenvalue weighted by Gasteiger charge is 2.11. The van der Waals surface area contributed by atoms with Gasteiger partial charge >= 0.3 is 0 Å².